The van der Waals surface area contributed by atoms with E-state index in [1.807, 2.05) is 0 Å². The Morgan fingerprint density at radius 3 is 1.00 bits per heavy atom. The zero-order valence-electron chi connectivity index (χ0n) is 42.7. The molecule has 0 aliphatic rings. The quantitative estimate of drug-likeness (QED) is 0.0262. The first kappa shape index (κ1) is 61.9. The van der Waals surface area contributed by atoms with Crippen molar-refractivity contribution < 1.29 is 28.6 Å². The lowest BCUT2D eigenvalue weighted by Gasteiger charge is -2.18. The Hall–Kier alpha value is -3.15. The highest BCUT2D eigenvalue weighted by Gasteiger charge is 2.19. The van der Waals surface area contributed by atoms with Crippen molar-refractivity contribution in [2.45, 2.75) is 271 Å². The normalized spacial score (nSPS) is 12.6. The third-order valence-electron chi connectivity index (χ3n) is 11.7. The van der Waals surface area contributed by atoms with E-state index in [9.17, 15) is 14.4 Å². The summed E-state index contributed by atoms with van der Waals surface area (Å²) in [5.41, 5.74) is 0. The minimum absolute atomic E-state index is 0.0945. The number of carbonyl (C=O) groups excluding carboxylic acids is 3. The lowest BCUT2D eigenvalue weighted by Crippen LogP contribution is -2.30. The molecule has 0 aromatic rings. The van der Waals surface area contributed by atoms with Crippen molar-refractivity contribution >= 4 is 17.9 Å². The van der Waals surface area contributed by atoms with Gasteiger partial charge in [0.15, 0.2) is 6.10 Å². The molecule has 374 valence electrons. The minimum atomic E-state index is -0.801. The fourth-order valence-corrected chi connectivity index (χ4v) is 7.58. The second-order valence-corrected chi connectivity index (χ2v) is 18.1. The first-order valence-electron chi connectivity index (χ1n) is 27.4. The van der Waals surface area contributed by atoms with Gasteiger partial charge in [0.1, 0.15) is 13.2 Å². The van der Waals surface area contributed by atoms with Gasteiger partial charge in [-0.1, -0.05) is 229 Å². The first-order chi connectivity index (χ1) is 32.0. The highest BCUT2D eigenvalue weighted by atomic mass is 16.6. The molecule has 1 atom stereocenters. The van der Waals surface area contributed by atoms with Crippen LogP contribution in [-0.4, -0.2) is 37.2 Å². The predicted octanol–water partition coefficient (Wildman–Crippen LogP) is 18.2. The molecule has 0 spiro atoms. The molecule has 0 bridgehead atoms. The maximum atomic E-state index is 12.8. The van der Waals surface area contributed by atoms with E-state index in [0.29, 0.717) is 19.3 Å². The van der Waals surface area contributed by atoms with Crippen molar-refractivity contribution in [3.8, 4) is 0 Å². The van der Waals surface area contributed by atoms with Gasteiger partial charge in [-0.25, -0.2) is 0 Å². The molecular formula is C59H102O6. The van der Waals surface area contributed by atoms with Crippen LogP contribution >= 0.6 is 0 Å². The van der Waals surface area contributed by atoms with Crippen LogP contribution in [0.5, 0.6) is 0 Å². The van der Waals surface area contributed by atoms with E-state index >= 15 is 0 Å². The van der Waals surface area contributed by atoms with Gasteiger partial charge in [0.25, 0.3) is 0 Å². The molecule has 0 heterocycles. The van der Waals surface area contributed by atoms with Crippen molar-refractivity contribution in [1.82, 2.24) is 0 Å². The van der Waals surface area contributed by atoms with E-state index in [4.69, 9.17) is 14.2 Å². The summed E-state index contributed by atoms with van der Waals surface area (Å²) in [5.74, 6) is -0.944. The number of hydrogen-bond acceptors (Lipinski definition) is 6. The molecule has 6 heteroatoms. The van der Waals surface area contributed by atoms with E-state index in [2.05, 4.69) is 93.7 Å². The van der Waals surface area contributed by atoms with Gasteiger partial charge in [-0.05, 0) is 89.9 Å². The van der Waals surface area contributed by atoms with E-state index in [1.165, 1.54) is 116 Å². The van der Waals surface area contributed by atoms with Crippen LogP contribution in [0.2, 0.25) is 0 Å². The molecule has 0 N–H and O–H groups in total. The number of rotatable bonds is 49. The Morgan fingerprint density at radius 1 is 0.323 bits per heavy atom. The summed E-state index contributed by atoms with van der Waals surface area (Å²) in [5, 5.41) is 0. The van der Waals surface area contributed by atoms with Crippen molar-refractivity contribution in [2.24, 2.45) is 0 Å². The number of allylic oxidation sites excluding steroid dienone is 12. The van der Waals surface area contributed by atoms with Crippen molar-refractivity contribution in [2.75, 3.05) is 13.2 Å². The van der Waals surface area contributed by atoms with Gasteiger partial charge in [-0.15, -0.1) is 0 Å². The highest BCUT2D eigenvalue weighted by molar-refractivity contribution is 5.71. The minimum Gasteiger partial charge on any atom is -0.462 e. The van der Waals surface area contributed by atoms with Gasteiger partial charge in [0.05, 0.1) is 0 Å². The molecule has 0 aromatic carbocycles. The van der Waals surface area contributed by atoms with Gasteiger partial charge < -0.3 is 14.2 Å². The molecular weight excluding hydrogens is 805 g/mol. The predicted molar refractivity (Wildman–Crippen MR) is 279 cm³/mol. The molecule has 0 rings (SSSR count). The van der Waals surface area contributed by atoms with Gasteiger partial charge >= 0.3 is 17.9 Å². The number of carbonyl (C=O) groups is 3. The summed E-state index contributed by atoms with van der Waals surface area (Å²) in [4.78, 5) is 38.1. The monoisotopic (exact) mass is 907 g/mol. The molecule has 0 saturated carbocycles. The lowest BCUT2D eigenvalue weighted by atomic mass is 10.0. The fraction of sp³-hybridized carbons (Fsp3) is 0.746. The standard InChI is InChI=1S/C59H102O6/c1-4-7-10-13-16-19-22-25-28-29-32-34-37-40-43-46-49-52-58(61)64-55-56(65-59(62)53-50-47-44-41-38-35-31-27-24-21-18-15-12-9-6-3)54-63-57(60)51-48-45-42-39-36-33-30-26-23-20-17-14-11-8-5-2/h8,11,17-18,20-21,26-27,30-31,38,41,56H,4-7,9-10,12-16,19,22-25,28-29,32-37,39-40,42-55H2,1-3H3/b11-8-,20-17-,21-18-,30-26-,31-27-,41-38-/t56-/m1/s1. The second kappa shape index (κ2) is 53.5. The van der Waals surface area contributed by atoms with E-state index in [1.54, 1.807) is 0 Å². The van der Waals surface area contributed by atoms with Crippen LogP contribution in [0.4, 0.5) is 0 Å². The summed E-state index contributed by atoms with van der Waals surface area (Å²) < 4.78 is 16.8. The average molecular weight is 907 g/mol. The van der Waals surface area contributed by atoms with Crippen LogP contribution in [0.1, 0.15) is 265 Å². The van der Waals surface area contributed by atoms with Crippen LogP contribution in [0.25, 0.3) is 0 Å². The summed E-state index contributed by atoms with van der Waals surface area (Å²) in [7, 11) is 0. The maximum Gasteiger partial charge on any atom is 0.306 e. The number of esters is 3. The van der Waals surface area contributed by atoms with Crippen LogP contribution in [-0.2, 0) is 28.6 Å². The van der Waals surface area contributed by atoms with Crippen LogP contribution < -0.4 is 0 Å². The summed E-state index contributed by atoms with van der Waals surface area (Å²) >= 11 is 0. The number of hydrogen-bond donors (Lipinski definition) is 0. The van der Waals surface area contributed by atoms with E-state index in [0.717, 1.165) is 103 Å². The Morgan fingerprint density at radius 2 is 0.600 bits per heavy atom. The second-order valence-electron chi connectivity index (χ2n) is 18.1. The summed E-state index contributed by atoms with van der Waals surface area (Å²) in [6.45, 7) is 6.47. The molecule has 0 aliphatic heterocycles. The lowest BCUT2D eigenvalue weighted by molar-refractivity contribution is -0.167. The average Bonchev–Trinajstić information content (AvgIpc) is 3.30. The molecule has 0 aromatic heterocycles. The Labute approximate surface area is 402 Å². The Balaban J connectivity index is 4.44. The summed E-state index contributed by atoms with van der Waals surface area (Å²) in [6, 6.07) is 0. The third-order valence-corrected chi connectivity index (χ3v) is 11.7. The van der Waals surface area contributed by atoms with Crippen molar-refractivity contribution in [3.05, 3.63) is 72.9 Å². The van der Waals surface area contributed by atoms with Crippen LogP contribution in [0.3, 0.4) is 0 Å². The van der Waals surface area contributed by atoms with Gasteiger partial charge in [0, 0.05) is 19.3 Å². The van der Waals surface area contributed by atoms with Crippen LogP contribution in [0.15, 0.2) is 72.9 Å². The van der Waals surface area contributed by atoms with Crippen molar-refractivity contribution in [3.63, 3.8) is 0 Å². The molecule has 65 heavy (non-hydrogen) atoms. The van der Waals surface area contributed by atoms with E-state index < -0.39 is 6.10 Å². The highest BCUT2D eigenvalue weighted by Crippen LogP contribution is 2.15. The molecule has 0 fully saturated rings. The molecule has 0 aliphatic carbocycles. The SMILES string of the molecule is CC/C=C\C/C=C\C/C=C\CCCCCCCC(=O)OC[C@H](COC(=O)CCCCCCCCCCCCCCCCCCC)OC(=O)CCCC/C=C\C/C=C\C/C=C\CCCCC. The van der Waals surface area contributed by atoms with Gasteiger partial charge in [0.2, 0.25) is 0 Å². The van der Waals surface area contributed by atoms with Crippen molar-refractivity contribution in [1.29, 1.82) is 0 Å². The topological polar surface area (TPSA) is 78.9 Å². The Bertz CT molecular complexity index is 1230. The number of ether oxygens (including phenoxy) is 3. The van der Waals surface area contributed by atoms with Gasteiger partial charge in [-0.3, -0.25) is 14.4 Å². The largest absolute Gasteiger partial charge is 0.462 e. The fourth-order valence-electron chi connectivity index (χ4n) is 7.58. The molecule has 0 radical (unpaired) electrons. The maximum absolute atomic E-state index is 12.8. The summed E-state index contributed by atoms with van der Waals surface area (Å²) in [6.07, 6.45) is 67.5. The third kappa shape index (κ3) is 51.7. The van der Waals surface area contributed by atoms with Gasteiger partial charge in [-0.2, -0.15) is 0 Å². The molecule has 0 unspecified atom stereocenters. The molecule has 0 amide bonds. The number of unbranched alkanes of at least 4 members (excludes halogenated alkanes) is 26. The molecule has 0 saturated heterocycles. The van der Waals surface area contributed by atoms with E-state index in [-0.39, 0.29) is 37.5 Å². The zero-order chi connectivity index (χ0) is 47.2. The molecule has 6 nitrogen and oxygen atoms in total. The first-order valence-corrected chi connectivity index (χ1v) is 27.4. The zero-order valence-corrected chi connectivity index (χ0v) is 42.7. The smallest absolute Gasteiger partial charge is 0.306 e. The van der Waals surface area contributed by atoms with Crippen LogP contribution in [0, 0.1) is 0 Å². The Kier molecular flexibility index (Phi) is 50.9.